The van der Waals surface area contributed by atoms with Gasteiger partial charge in [-0.3, -0.25) is 9.59 Å². The van der Waals surface area contributed by atoms with Gasteiger partial charge in [-0.15, -0.1) is 0 Å². The summed E-state index contributed by atoms with van der Waals surface area (Å²) in [5, 5.41) is 8.15. The van der Waals surface area contributed by atoms with Crippen LogP contribution in [0.5, 0.6) is 0 Å². The molecule has 1 aliphatic rings. The highest BCUT2D eigenvalue weighted by Crippen LogP contribution is 2.34. The number of hydrogen-bond donors (Lipinski definition) is 4. The van der Waals surface area contributed by atoms with Crippen molar-refractivity contribution in [3.8, 4) is 0 Å². The number of fused-ring (bicyclic) bond motifs is 1. The lowest BCUT2D eigenvalue weighted by atomic mass is 10.0. The minimum absolute atomic E-state index is 0.0891. The lowest BCUT2D eigenvalue weighted by molar-refractivity contribution is -0.137. The highest BCUT2D eigenvalue weighted by Gasteiger charge is 2.33. The lowest BCUT2D eigenvalue weighted by Crippen LogP contribution is -2.28. The number of rotatable bonds is 8. The predicted octanol–water partition coefficient (Wildman–Crippen LogP) is 6.21. The number of aromatic amines is 1. The first-order valence-electron chi connectivity index (χ1n) is 12.9. The maximum Gasteiger partial charge on any atom is 0.417 e. The van der Waals surface area contributed by atoms with E-state index in [0.717, 1.165) is 23.3 Å². The number of imidazole rings is 1. The molecule has 13 heteroatoms. The van der Waals surface area contributed by atoms with Crippen molar-refractivity contribution >= 4 is 41.0 Å². The van der Waals surface area contributed by atoms with E-state index < -0.39 is 35.3 Å². The molecular weight excluding hydrogens is 571 g/mol. The summed E-state index contributed by atoms with van der Waals surface area (Å²) in [6.07, 6.45) is 4.05. The van der Waals surface area contributed by atoms with Gasteiger partial charge in [-0.2, -0.15) is 13.2 Å². The zero-order valence-electron chi connectivity index (χ0n) is 22.4. The summed E-state index contributed by atoms with van der Waals surface area (Å²) in [5.41, 5.74) is 1.95. The number of H-pyrrole nitrogens is 1. The molecule has 4 N–H and O–H groups in total. The van der Waals surface area contributed by atoms with Crippen LogP contribution in [-0.4, -0.2) is 33.3 Å². The minimum atomic E-state index is -4.75. The Morgan fingerprint density at radius 2 is 1.88 bits per heavy atom. The molecule has 2 aromatic heterocycles. The number of benzene rings is 2. The summed E-state index contributed by atoms with van der Waals surface area (Å²) in [6, 6.07) is 8.23. The number of carbonyl (C=O) groups is 2. The van der Waals surface area contributed by atoms with Gasteiger partial charge in [0, 0.05) is 24.0 Å². The molecule has 1 aliphatic heterocycles. The van der Waals surface area contributed by atoms with Crippen molar-refractivity contribution in [1.82, 2.24) is 20.3 Å². The van der Waals surface area contributed by atoms with E-state index in [1.165, 1.54) is 19.3 Å². The summed E-state index contributed by atoms with van der Waals surface area (Å²) >= 11 is 0. The SMILES string of the molecule is CC(NC(=O)c1cc(C(F)(F)F)cnc1NC/C=C/c1ccc2c(c1)NC(=O)/C2=C\c1cnc[nH]1)c1ccc(F)c(F)c1. The number of hydrogen-bond acceptors (Lipinski definition) is 5. The van der Waals surface area contributed by atoms with E-state index in [2.05, 4.69) is 30.9 Å². The summed E-state index contributed by atoms with van der Waals surface area (Å²) in [6.45, 7) is 1.57. The molecule has 2 aromatic carbocycles. The standard InChI is InChI=1S/C30H23F5N6O2/c1-16(18-5-7-24(31)25(32)10-18)40-29(43)23-11-19(30(33,34)35)13-38-27(23)37-8-2-3-17-4-6-21-22(12-20-14-36-15-39-20)28(42)41-26(21)9-17/h2-7,9-16H,8H2,1H3,(H,36,39)(H,37,38)(H,40,43)(H,41,42)/b3-2+,22-12-. The second kappa shape index (κ2) is 11.9. The van der Waals surface area contributed by atoms with Crippen LogP contribution in [0.1, 0.15) is 51.3 Å². The van der Waals surface area contributed by atoms with Crippen LogP contribution in [0.25, 0.3) is 17.7 Å². The number of halogens is 5. The molecule has 3 heterocycles. The second-order valence-electron chi connectivity index (χ2n) is 9.59. The van der Waals surface area contributed by atoms with Gasteiger partial charge in [0.2, 0.25) is 0 Å². The molecule has 5 rings (SSSR count). The van der Waals surface area contributed by atoms with Crippen molar-refractivity contribution in [2.45, 2.75) is 19.1 Å². The highest BCUT2D eigenvalue weighted by atomic mass is 19.4. The van der Waals surface area contributed by atoms with E-state index >= 15 is 0 Å². The first-order valence-corrected chi connectivity index (χ1v) is 12.9. The third kappa shape index (κ3) is 6.61. The van der Waals surface area contributed by atoms with Gasteiger partial charge < -0.3 is 20.9 Å². The predicted molar refractivity (Wildman–Crippen MR) is 151 cm³/mol. The molecule has 0 saturated carbocycles. The van der Waals surface area contributed by atoms with E-state index in [-0.39, 0.29) is 29.4 Å². The van der Waals surface area contributed by atoms with Crippen molar-refractivity contribution in [3.63, 3.8) is 0 Å². The Morgan fingerprint density at radius 1 is 1.07 bits per heavy atom. The molecule has 8 nitrogen and oxygen atoms in total. The average Bonchev–Trinajstić information content (AvgIpc) is 3.59. The number of nitrogens with zero attached hydrogens (tertiary/aromatic N) is 2. The van der Waals surface area contributed by atoms with Crippen molar-refractivity contribution in [1.29, 1.82) is 0 Å². The van der Waals surface area contributed by atoms with Gasteiger partial charge in [0.05, 0.1) is 41.0 Å². The van der Waals surface area contributed by atoms with E-state index in [0.29, 0.717) is 29.2 Å². The van der Waals surface area contributed by atoms with Crippen LogP contribution >= 0.6 is 0 Å². The molecule has 220 valence electrons. The Morgan fingerprint density at radius 3 is 2.60 bits per heavy atom. The van der Waals surface area contributed by atoms with Crippen LogP contribution in [-0.2, 0) is 11.0 Å². The molecule has 1 atom stereocenters. The fourth-order valence-corrected chi connectivity index (χ4v) is 4.38. The van der Waals surface area contributed by atoms with Gasteiger partial charge in [-0.25, -0.2) is 18.7 Å². The molecule has 0 bridgehead atoms. The quantitative estimate of drug-likeness (QED) is 0.143. The van der Waals surface area contributed by atoms with Gasteiger partial charge in [0.15, 0.2) is 11.6 Å². The molecule has 43 heavy (non-hydrogen) atoms. The summed E-state index contributed by atoms with van der Waals surface area (Å²) < 4.78 is 67.1. The van der Waals surface area contributed by atoms with Gasteiger partial charge in [-0.05, 0) is 48.4 Å². The van der Waals surface area contributed by atoms with E-state index in [4.69, 9.17) is 0 Å². The van der Waals surface area contributed by atoms with Crippen molar-refractivity contribution in [2.24, 2.45) is 0 Å². The number of pyridine rings is 1. The Hall–Kier alpha value is -5.33. The van der Waals surface area contributed by atoms with Crippen LogP contribution in [0.2, 0.25) is 0 Å². The van der Waals surface area contributed by atoms with E-state index in [1.54, 1.807) is 42.6 Å². The average molecular weight is 595 g/mol. The minimum Gasteiger partial charge on any atom is -0.366 e. The number of carbonyl (C=O) groups excluding carboxylic acids is 2. The van der Waals surface area contributed by atoms with Gasteiger partial charge in [0.1, 0.15) is 5.82 Å². The molecule has 1 unspecified atom stereocenters. The van der Waals surface area contributed by atoms with Crippen molar-refractivity contribution < 1.29 is 31.5 Å². The molecule has 0 fully saturated rings. The third-order valence-corrected chi connectivity index (χ3v) is 6.59. The van der Waals surface area contributed by atoms with Crippen LogP contribution in [0.3, 0.4) is 0 Å². The number of anilines is 2. The Kier molecular flexibility index (Phi) is 8.06. The van der Waals surface area contributed by atoms with Gasteiger partial charge >= 0.3 is 6.18 Å². The fourth-order valence-electron chi connectivity index (χ4n) is 4.38. The Bertz CT molecular complexity index is 1750. The maximum atomic E-state index is 13.6. The molecule has 0 radical (unpaired) electrons. The normalized spacial score (nSPS) is 14.6. The summed E-state index contributed by atoms with van der Waals surface area (Å²) in [5.74, 6) is -3.45. The lowest BCUT2D eigenvalue weighted by Gasteiger charge is -2.17. The van der Waals surface area contributed by atoms with Crippen LogP contribution in [0.15, 0.2) is 67.3 Å². The molecule has 0 aliphatic carbocycles. The number of nitrogens with one attached hydrogen (secondary N) is 4. The number of alkyl halides is 3. The number of amides is 2. The molecular formula is C30H23F5N6O2. The largest absolute Gasteiger partial charge is 0.417 e. The van der Waals surface area contributed by atoms with E-state index in [9.17, 15) is 31.5 Å². The second-order valence-corrected chi connectivity index (χ2v) is 9.59. The first kappa shape index (κ1) is 29.2. The molecule has 4 aromatic rings. The smallest absolute Gasteiger partial charge is 0.366 e. The topological polar surface area (TPSA) is 112 Å². The van der Waals surface area contributed by atoms with Gasteiger partial charge in [0.25, 0.3) is 11.8 Å². The highest BCUT2D eigenvalue weighted by molar-refractivity contribution is 6.34. The molecule has 2 amide bonds. The van der Waals surface area contributed by atoms with Crippen LogP contribution in [0, 0.1) is 11.6 Å². The molecule has 0 saturated heterocycles. The molecule has 0 spiro atoms. The Labute approximate surface area is 241 Å². The summed E-state index contributed by atoms with van der Waals surface area (Å²) in [7, 11) is 0. The van der Waals surface area contributed by atoms with Crippen LogP contribution < -0.4 is 16.0 Å². The third-order valence-electron chi connectivity index (χ3n) is 6.59. The Balaban J connectivity index is 1.30. The summed E-state index contributed by atoms with van der Waals surface area (Å²) in [4.78, 5) is 36.1. The first-order chi connectivity index (χ1) is 20.5. The van der Waals surface area contributed by atoms with Crippen molar-refractivity contribution in [2.75, 3.05) is 17.2 Å². The zero-order chi connectivity index (χ0) is 30.7. The van der Waals surface area contributed by atoms with Crippen molar-refractivity contribution in [3.05, 3.63) is 112 Å². The zero-order valence-corrected chi connectivity index (χ0v) is 22.4. The maximum absolute atomic E-state index is 13.6. The monoisotopic (exact) mass is 594 g/mol. The van der Waals surface area contributed by atoms with Crippen LogP contribution in [0.4, 0.5) is 33.5 Å². The van der Waals surface area contributed by atoms with E-state index in [1.807, 2.05) is 0 Å². The van der Waals surface area contributed by atoms with Gasteiger partial charge in [-0.1, -0.05) is 30.4 Å². The fraction of sp³-hybridized carbons (Fsp3) is 0.133. The number of aromatic nitrogens is 3.